The fraction of sp³-hybridized carbons (Fsp3) is 0.810. The highest BCUT2D eigenvalue weighted by molar-refractivity contribution is 6.74. The van der Waals surface area contributed by atoms with Crippen LogP contribution in [0.4, 0.5) is 0 Å². The third-order valence-corrected chi connectivity index (χ3v) is 11.0. The number of aryl methyl sites for hydroxylation is 1. The molecule has 170 valence electrons. The second-order valence-corrected chi connectivity index (χ2v) is 14.7. The summed E-state index contributed by atoms with van der Waals surface area (Å²) in [5.74, 6) is 0. The summed E-state index contributed by atoms with van der Waals surface area (Å²) in [7, 11) is -1.97. The lowest BCUT2D eigenvalue weighted by atomic mass is 10.1. The predicted molar refractivity (Wildman–Crippen MR) is 116 cm³/mol. The molecule has 0 saturated carbocycles. The van der Waals surface area contributed by atoms with Crippen molar-refractivity contribution in [1.29, 1.82) is 0 Å². The summed E-state index contributed by atoms with van der Waals surface area (Å²) >= 11 is 0. The second kappa shape index (κ2) is 9.08. The van der Waals surface area contributed by atoms with E-state index < -0.39 is 20.2 Å². The van der Waals surface area contributed by atoms with E-state index in [1.54, 1.807) is 13.1 Å². The smallest absolute Gasteiger partial charge is 0.330 e. The first-order chi connectivity index (χ1) is 14.0. The highest BCUT2D eigenvalue weighted by atomic mass is 28.4. The van der Waals surface area contributed by atoms with Gasteiger partial charge in [0.25, 0.3) is 5.56 Å². The molecule has 0 bridgehead atoms. The molecule has 2 aliphatic heterocycles. The van der Waals surface area contributed by atoms with Gasteiger partial charge in [-0.15, -0.1) is 0 Å². The Labute approximate surface area is 179 Å². The maximum absolute atomic E-state index is 12.4. The topological polar surface area (TPSA) is 91.8 Å². The van der Waals surface area contributed by atoms with Crippen LogP contribution in [0.1, 0.15) is 58.2 Å². The molecule has 0 aromatic carbocycles. The summed E-state index contributed by atoms with van der Waals surface area (Å²) in [5, 5.41) is 0.0841. The lowest BCUT2D eigenvalue weighted by Gasteiger charge is -2.37. The van der Waals surface area contributed by atoms with Gasteiger partial charge in [0.15, 0.2) is 14.6 Å². The average molecular weight is 441 g/mol. The van der Waals surface area contributed by atoms with Gasteiger partial charge < -0.3 is 18.6 Å². The Morgan fingerprint density at radius 1 is 1.27 bits per heavy atom. The highest BCUT2D eigenvalue weighted by Crippen LogP contribution is 2.38. The molecule has 2 fully saturated rings. The summed E-state index contributed by atoms with van der Waals surface area (Å²) in [6, 6.07) is 0. The van der Waals surface area contributed by atoms with Crippen molar-refractivity contribution in [3.8, 4) is 0 Å². The molecule has 9 heteroatoms. The van der Waals surface area contributed by atoms with Gasteiger partial charge in [-0.25, -0.2) is 4.79 Å². The maximum Gasteiger partial charge on any atom is 0.330 e. The van der Waals surface area contributed by atoms with Gasteiger partial charge in [-0.3, -0.25) is 14.3 Å². The fourth-order valence-electron chi connectivity index (χ4n) is 3.48. The zero-order valence-corrected chi connectivity index (χ0v) is 20.0. The monoisotopic (exact) mass is 440 g/mol. The summed E-state index contributed by atoms with van der Waals surface area (Å²) < 4.78 is 26.1. The van der Waals surface area contributed by atoms with Crippen LogP contribution in [0, 0.1) is 6.92 Å². The van der Waals surface area contributed by atoms with E-state index in [0.29, 0.717) is 25.2 Å². The van der Waals surface area contributed by atoms with Crippen LogP contribution in [-0.4, -0.2) is 49.6 Å². The van der Waals surface area contributed by atoms with E-state index in [-0.39, 0.29) is 29.1 Å². The molecule has 2 aliphatic rings. The summed E-state index contributed by atoms with van der Waals surface area (Å²) in [6.45, 7) is 13.8. The number of nitrogens with zero attached hydrogens (tertiary/aromatic N) is 1. The lowest BCUT2D eigenvalue weighted by Crippen LogP contribution is -2.44. The molecule has 8 nitrogen and oxygen atoms in total. The number of aromatic amines is 1. The molecule has 0 amide bonds. The van der Waals surface area contributed by atoms with Gasteiger partial charge >= 0.3 is 5.69 Å². The molecule has 1 unspecified atom stereocenters. The van der Waals surface area contributed by atoms with Crippen LogP contribution in [0.15, 0.2) is 15.8 Å². The van der Waals surface area contributed by atoms with Gasteiger partial charge in [-0.2, -0.15) is 0 Å². The van der Waals surface area contributed by atoms with Crippen molar-refractivity contribution in [3.05, 3.63) is 32.6 Å². The molecule has 3 heterocycles. The molecular formula is C21H36N2O6Si. The van der Waals surface area contributed by atoms with Gasteiger partial charge in [0.2, 0.25) is 0 Å². The number of hydrogen-bond acceptors (Lipinski definition) is 6. The minimum atomic E-state index is -1.97. The van der Waals surface area contributed by atoms with Crippen molar-refractivity contribution in [3.63, 3.8) is 0 Å². The standard InChI is InChI=1S/C21H36N2O6Si/c1-14-12-23(20(25)22-19(14)24)17-11-15(29-18-9-7-8-10-26-18)16(28-17)13-27-30(5,6)21(2,3)4/h12,15-18H,7-11,13H2,1-6H3,(H,22,24,25)/t15-,16+,17+,18?/m0/s1. The average Bonchev–Trinajstić information content (AvgIpc) is 3.05. The van der Waals surface area contributed by atoms with E-state index in [1.165, 1.54) is 4.57 Å². The number of H-pyrrole nitrogens is 1. The third kappa shape index (κ3) is 5.31. The van der Waals surface area contributed by atoms with E-state index in [1.807, 2.05) is 0 Å². The molecule has 0 spiro atoms. The Kier molecular flexibility index (Phi) is 7.08. The van der Waals surface area contributed by atoms with E-state index in [2.05, 4.69) is 38.8 Å². The van der Waals surface area contributed by atoms with Crippen molar-refractivity contribution in [1.82, 2.24) is 9.55 Å². The number of rotatable bonds is 6. The Hall–Kier alpha value is -1.26. The Morgan fingerprint density at radius 3 is 2.63 bits per heavy atom. The number of nitrogens with one attached hydrogen (secondary N) is 1. The van der Waals surface area contributed by atoms with Crippen molar-refractivity contribution in [2.24, 2.45) is 0 Å². The molecule has 3 rings (SSSR count). The quantitative estimate of drug-likeness (QED) is 0.684. The van der Waals surface area contributed by atoms with Crippen molar-refractivity contribution in [2.75, 3.05) is 13.2 Å². The first-order valence-corrected chi connectivity index (χ1v) is 13.8. The Bertz CT molecular complexity index is 837. The van der Waals surface area contributed by atoms with Gasteiger partial charge in [0, 0.05) is 24.8 Å². The first kappa shape index (κ1) is 23.4. The molecule has 30 heavy (non-hydrogen) atoms. The minimum absolute atomic E-state index is 0.0841. The van der Waals surface area contributed by atoms with Gasteiger partial charge in [-0.1, -0.05) is 20.8 Å². The molecular weight excluding hydrogens is 404 g/mol. The normalized spacial score (nSPS) is 28.1. The van der Waals surface area contributed by atoms with E-state index >= 15 is 0 Å². The van der Waals surface area contributed by atoms with Crippen molar-refractivity contribution >= 4 is 8.32 Å². The van der Waals surface area contributed by atoms with E-state index in [0.717, 1.165) is 19.3 Å². The lowest BCUT2D eigenvalue weighted by molar-refractivity contribution is -0.199. The van der Waals surface area contributed by atoms with E-state index in [4.69, 9.17) is 18.6 Å². The third-order valence-electron chi connectivity index (χ3n) is 6.52. The zero-order chi connectivity index (χ0) is 22.1. The molecule has 1 N–H and O–H groups in total. The largest absolute Gasteiger partial charge is 0.414 e. The molecule has 0 aliphatic carbocycles. The SMILES string of the molecule is Cc1cn([C@H]2C[C@H](OC3CCCCO3)[C@@H](CO[Si](C)(C)C(C)(C)C)O2)c(=O)[nH]c1=O. The van der Waals surface area contributed by atoms with Crippen molar-refractivity contribution < 1.29 is 18.6 Å². The summed E-state index contributed by atoms with van der Waals surface area (Å²) in [5.41, 5.74) is -0.392. The number of aromatic nitrogens is 2. The van der Waals surface area contributed by atoms with Gasteiger partial charge in [0.1, 0.15) is 12.3 Å². The van der Waals surface area contributed by atoms with E-state index in [9.17, 15) is 9.59 Å². The van der Waals surface area contributed by atoms with Crippen LogP contribution in [0.2, 0.25) is 18.1 Å². The molecule has 4 atom stereocenters. The van der Waals surface area contributed by atoms with Gasteiger partial charge in [0.05, 0.1) is 12.7 Å². The zero-order valence-electron chi connectivity index (χ0n) is 19.0. The van der Waals surface area contributed by atoms with Crippen LogP contribution in [0.25, 0.3) is 0 Å². The maximum atomic E-state index is 12.4. The Balaban J connectivity index is 1.77. The minimum Gasteiger partial charge on any atom is -0.414 e. The first-order valence-electron chi connectivity index (χ1n) is 10.9. The Morgan fingerprint density at radius 2 is 2.00 bits per heavy atom. The molecule has 1 aromatic heterocycles. The van der Waals surface area contributed by atoms with Crippen LogP contribution in [0.3, 0.4) is 0 Å². The fourth-order valence-corrected chi connectivity index (χ4v) is 4.50. The van der Waals surface area contributed by atoms with Crippen LogP contribution >= 0.6 is 0 Å². The van der Waals surface area contributed by atoms with Crippen molar-refractivity contribution in [2.45, 2.75) is 96.2 Å². The highest BCUT2D eigenvalue weighted by Gasteiger charge is 2.43. The van der Waals surface area contributed by atoms with Crippen LogP contribution < -0.4 is 11.2 Å². The molecule has 1 aromatic rings. The van der Waals surface area contributed by atoms with Crippen LogP contribution in [0.5, 0.6) is 0 Å². The molecule has 2 saturated heterocycles. The summed E-state index contributed by atoms with van der Waals surface area (Å²) in [6.07, 6.45) is 3.70. The number of ether oxygens (including phenoxy) is 3. The van der Waals surface area contributed by atoms with Gasteiger partial charge in [-0.05, 0) is 44.3 Å². The molecule has 0 radical (unpaired) electrons. The second-order valence-electron chi connectivity index (χ2n) is 9.89. The number of hydrogen-bond donors (Lipinski definition) is 1. The summed E-state index contributed by atoms with van der Waals surface area (Å²) in [4.78, 5) is 26.5. The predicted octanol–water partition coefficient (Wildman–Crippen LogP) is 3.07. The van der Waals surface area contributed by atoms with Crippen LogP contribution in [-0.2, 0) is 18.6 Å².